The minimum Gasteiger partial charge on any atom is -0.326 e. The Bertz CT molecular complexity index is 583. The highest BCUT2D eigenvalue weighted by molar-refractivity contribution is 9.10. The summed E-state index contributed by atoms with van der Waals surface area (Å²) in [6.45, 7) is 1.89. The van der Waals surface area contributed by atoms with E-state index in [1.165, 1.54) is 0 Å². The lowest BCUT2D eigenvalue weighted by atomic mass is 10.1. The summed E-state index contributed by atoms with van der Waals surface area (Å²) in [5.41, 5.74) is 1.67. The van der Waals surface area contributed by atoms with Crippen LogP contribution >= 0.6 is 15.9 Å². The molecule has 1 aliphatic rings. The van der Waals surface area contributed by atoms with E-state index >= 15 is 0 Å². The molecule has 0 radical (unpaired) electrons. The van der Waals surface area contributed by atoms with Crippen LogP contribution in [0.4, 0.5) is 5.69 Å². The summed E-state index contributed by atoms with van der Waals surface area (Å²) >= 11 is 3.35. The van der Waals surface area contributed by atoms with E-state index in [1.807, 2.05) is 19.1 Å². The molecule has 4 nitrogen and oxygen atoms in total. The first-order valence-corrected chi connectivity index (χ1v) is 8.26. The molecule has 1 aliphatic heterocycles. The predicted octanol–water partition coefficient (Wildman–Crippen LogP) is 2.13. The fourth-order valence-electron chi connectivity index (χ4n) is 2.00. The van der Waals surface area contributed by atoms with Gasteiger partial charge in [-0.05, 0) is 37.1 Å². The largest absolute Gasteiger partial charge is 0.326 e. The molecule has 0 bridgehead atoms. The number of hydrogen-bond donors (Lipinski definition) is 1. The molecular formula is C12H14BrNO3S. The molecule has 0 spiro atoms. The Morgan fingerprint density at radius 3 is 2.72 bits per heavy atom. The standard InChI is InChI=1S/C12H14BrNO3S/c1-8-6-10(13)2-3-11(8)14-12(15)9-4-5-18(16,17)7-9/h2-3,6,9H,4-5,7H2,1H3,(H,14,15)/t9-/m0/s1. The van der Waals surface area contributed by atoms with Gasteiger partial charge >= 0.3 is 0 Å². The summed E-state index contributed by atoms with van der Waals surface area (Å²) in [6, 6.07) is 5.55. The molecule has 0 unspecified atom stereocenters. The summed E-state index contributed by atoms with van der Waals surface area (Å²) in [6.07, 6.45) is 0.420. The highest BCUT2D eigenvalue weighted by atomic mass is 79.9. The van der Waals surface area contributed by atoms with E-state index in [2.05, 4.69) is 21.2 Å². The first kappa shape index (κ1) is 13.5. The summed E-state index contributed by atoms with van der Waals surface area (Å²) < 4.78 is 23.6. The van der Waals surface area contributed by atoms with Crippen molar-refractivity contribution in [1.82, 2.24) is 0 Å². The van der Waals surface area contributed by atoms with Crippen molar-refractivity contribution in [1.29, 1.82) is 0 Å². The molecule has 1 fully saturated rings. The van der Waals surface area contributed by atoms with Crippen molar-refractivity contribution >= 4 is 37.4 Å². The number of sulfone groups is 1. The molecule has 1 saturated heterocycles. The number of hydrogen-bond acceptors (Lipinski definition) is 3. The molecule has 18 heavy (non-hydrogen) atoms. The zero-order valence-electron chi connectivity index (χ0n) is 9.94. The minimum absolute atomic E-state index is 0.0333. The van der Waals surface area contributed by atoms with Crippen LogP contribution in [0.1, 0.15) is 12.0 Å². The van der Waals surface area contributed by atoms with Crippen LogP contribution in [0.5, 0.6) is 0 Å². The van der Waals surface area contributed by atoms with Crippen molar-refractivity contribution in [2.75, 3.05) is 16.8 Å². The van der Waals surface area contributed by atoms with E-state index in [1.54, 1.807) is 6.07 Å². The van der Waals surface area contributed by atoms with E-state index in [0.29, 0.717) is 6.42 Å². The van der Waals surface area contributed by atoms with Crippen molar-refractivity contribution in [2.24, 2.45) is 5.92 Å². The Hall–Kier alpha value is -0.880. The number of carbonyl (C=O) groups is 1. The van der Waals surface area contributed by atoms with E-state index in [4.69, 9.17) is 0 Å². The van der Waals surface area contributed by atoms with Gasteiger partial charge in [-0.1, -0.05) is 15.9 Å². The summed E-state index contributed by atoms with van der Waals surface area (Å²) in [7, 11) is -3.02. The van der Waals surface area contributed by atoms with Crippen molar-refractivity contribution in [3.05, 3.63) is 28.2 Å². The van der Waals surface area contributed by atoms with Crippen LogP contribution in [0.3, 0.4) is 0 Å². The fourth-order valence-corrected chi connectivity index (χ4v) is 4.22. The number of aryl methyl sites for hydroxylation is 1. The van der Waals surface area contributed by atoms with Crippen molar-refractivity contribution in [3.63, 3.8) is 0 Å². The van der Waals surface area contributed by atoms with Gasteiger partial charge in [-0.2, -0.15) is 0 Å². The van der Waals surface area contributed by atoms with Gasteiger partial charge in [-0.15, -0.1) is 0 Å². The zero-order chi connectivity index (χ0) is 13.3. The monoisotopic (exact) mass is 331 g/mol. The third-order valence-corrected chi connectivity index (χ3v) is 5.31. The fraction of sp³-hybridized carbons (Fsp3) is 0.417. The van der Waals surface area contributed by atoms with Crippen LogP contribution in [0.2, 0.25) is 0 Å². The van der Waals surface area contributed by atoms with Gasteiger partial charge in [0.05, 0.1) is 17.4 Å². The van der Waals surface area contributed by atoms with E-state index in [-0.39, 0.29) is 17.4 Å². The topological polar surface area (TPSA) is 63.2 Å². The van der Waals surface area contributed by atoms with Crippen LogP contribution in [0, 0.1) is 12.8 Å². The van der Waals surface area contributed by atoms with Gasteiger partial charge in [0.25, 0.3) is 0 Å². The van der Waals surface area contributed by atoms with Crippen molar-refractivity contribution in [2.45, 2.75) is 13.3 Å². The van der Waals surface area contributed by atoms with E-state index in [0.717, 1.165) is 15.7 Å². The number of amides is 1. The van der Waals surface area contributed by atoms with Crippen molar-refractivity contribution < 1.29 is 13.2 Å². The maximum absolute atomic E-state index is 12.0. The molecule has 1 atom stereocenters. The number of halogens is 1. The minimum atomic E-state index is -3.02. The van der Waals surface area contributed by atoms with Gasteiger partial charge in [0, 0.05) is 10.2 Å². The highest BCUT2D eigenvalue weighted by Crippen LogP contribution is 2.23. The summed E-state index contributed by atoms with van der Waals surface area (Å²) in [5.74, 6) is -0.543. The number of carbonyl (C=O) groups excluding carboxylic acids is 1. The lowest BCUT2D eigenvalue weighted by Crippen LogP contribution is -2.24. The van der Waals surface area contributed by atoms with Crippen molar-refractivity contribution in [3.8, 4) is 0 Å². The molecule has 1 amide bonds. The molecular weight excluding hydrogens is 318 g/mol. The maximum Gasteiger partial charge on any atom is 0.228 e. The number of nitrogens with one attached hydrogen (secondary N) is 1. The average molecular weight is 332 g/mol. The Kier molecular flexibility index (Phi) is 3.77. The quantitative estimate of drug-likeness (QED) is 0.902. The molecule has 0 aliphatic carbocycles. The highest BCUT2D eigenvalue weighted by Gasteiger charge is 2.33. The summed E-state index contributed by atoms with van der Waals surface area (Å²) in [4.78, 5) is 12.0. The van der Waals surface area contributed by atoms with Gasteiger partial charge in [0.15, 0.2) is 9.84 Å². The molecule has 0 aromatic heterocycles. The number of benzene rings is 1. The second kappa shape index (κ2) is 5.01. The molecule has 1 heterocycles. The van der Waals surface area contributed by atoms with Crippen LogP contribution in [-0.2, 0) is 14.6 Å². The molecule has 1 aromatic carbocycles. The maximum atomic E-state index is 12.0. The predicted molar refractivity (Wildman–Crippen MR) is 74.3 cm³/mol. The van der Waals surface area contributed by atoms with E-state index < -0.39 is 15.8 Å². The third-order valence-electron chi connectivity index (χ3n) is 3.05. The number of rotatable bonds is 2. The van der Waals surface area contributed by atoms with Crippen LogP contribution in [0.25, 0.3) is 0 Å². The normalized spacial score (nSPS) is 21.8. The second-order valence-corrected chi connectivity index (χ2v) is 7.69. The van der Waals surface area contributed by atoms with Gasteiger partial charge in [0.1, 0.15) is 0 Å². The first-order chi connectivity index (χ1) is 8.37. The van der Waals surface area contributed by atoms with Gasteiger partial charge in [-0.3, -0.25) is 4.79 Å². The number of anilines is 1. The first-order valence-electron chi connectivity index (χ1n) is 5.65. The Morgan fingerprint density at radius 1 is 1.44 bits per heavy atom. The van der Waals surface area contributed by atoms with Gasteiger partial charge in [0.2, 0.25) is 5.91 Å². The molecule has 2 rings (SSSR count). The average Bonchev–Trinajstić information content (AvgIpc) is 2.63. The van der Waals surface area contributed by atoms with Crippen LogP contribution in [0.15, 0.2) is 22.7 Å². The van der Waals surface area contributed by atoms with Crippen LogP contribution < -0.4 is 5.32 Å². The Morgan fingerprint density at radius 2 is 2.17 bits per heavy atom. The van der Waals surface area contributed by atoms with E-state index in [9.17, 15) is 13.2 Å². The van der Waals surface area contributed by atoms with Gasteiger partial charge < -0.3 is 5.32 Å². The third kappa shape index (κ3) is 3.11. The lowest BCUT2D eigenvalue weighted by molar-refractivity contribution is -0.119. The molecule has 1 aromatic rings. The lowest BCUT2D eigenvalue weighted by Gasteiger charge is -2.11. The molecule has 98 valence electrons. The van der Waals surface area contributed by atoms with Gasteiger partial charge in [-0.25, -0.2) is 8.42 Å². The summed E-state index contributed by atoms with van der Waals surface area (Å²) in [5, 5.41) is 2.79. The Labute approximate surface area is 115 Å². The second-order valence-electron chi connectivity index (χ2n) is 4.55. The van der Waals surface area contributed by atoms with Crippen LogP contribution in [-0.4, -0.2) is 25.8 Å². The zero-order valence-corrected chi connectivity index (χ0v) is 12.3. The SMILES string of the molecule is Cc1cc(Br)ccc1NC(=O)[C@H]1CCS(=O)(=O)C1. The molecule has 1 N–H and O–H groups in total. The smallest absolute Gasteiger partial charge is 0.228 e. The molecule has 6 heteroatoms. The Balaban J connectivity index is 2.08. The molecule has 0 saturated carbocycles.